The number of aryl methyl sites for hydroxylation is 1. The zero-order valence-corrected chi connectivity index (χ0v) is 11.2. The zero-order valence-electron chi connectivity index (χ0n) is 10.3. The molecule has 18 heavy (non-hydrogen) atoms. The van der Waals surface area contributed by atoms with Gasteiger partial charge in [-0.15, -0.1) is 0 Å². The van der Waals surface area contributed by atoms with Crippen LogP contribution in [0.25, 0.3) is 0 Å². The molecule has 0 spiro atoms. The van der Waals surface area contributed by atoms with Gasteiger partial charge in [-0.2, -0.15) is 9.57 Å². The molecule has 1 saturated carbocycles. The molecular formula is C13H16N2O2S. The number of nitriles is 1. The van der Waals surface area contributed by atoms with Crippen molar-refractivity contribution >= 4 is 10.0 Å². The van der Waals surface area contributed by atoms with Crippen molar-refractivity contribution in [1.29, 1.82) is 5.26 Å². The van der Waals surface area contributed by atoms with E-state index >= 15 is 0 Å². The van der Waals surface area contributed by atoms with E-state index in [-0.39, 0.29) is 19.0 Å². The summed E-state index contributed by atoms with van der Waals surface area (Å²) in [7, 11) is -3.45. The highest BCUT2D eigenvalue weighted by atomic mass is 32.2. The molecule has 1 aliphatic rings. The maximum atomic E-state index is 12.5. The van der Waals surface area contributed by atoms with Crippen LogP contribution in [0.3, 0.4) is 0 Å². The van der Waals surface area contributed by atoms with Crippen molar-refractivity contribution < 1.29 is 8.42 Å². The smallest absolute Gasteiger partial charge is 0.207 e. The van der Waals surface area contributed by atoms with Gasteiger partial charge in [0, 0.05) is 19.0 Å². The molecule has 2 rings (SSSR count). The van der Waals surface area contributed by atoms with E-state index in [4.69, 9.17) is 5.26 Å². The topological polar surface area (TPSA) is 61.2 Å². The molecule has 4 nitrogen and oxygen atoms in total. The van der Waals surface area contributed by atoms with Gasteiger partial charge in [-0.05, 0) is 37.5 Å². The van der Waals surface area contributed by atoms with Crippen LogP contribution < -0.4 is 0 Å². The Kier molecular flexibility index (Phi) is 3.69. The van der Waals surface area contributed by atoms with Gasteiger partial charge in [-0.3, -0.25) is 0 Å². The molecule has 1 aromatic carbocycles. The quantitative estimate of drug-likeness (QED) is 0.817. The minimum absolute atomic E-state index is 0.0869. The van der Waals surface area contributed by atoms with Gasteiger partial charge in [0.2, 0.25) is 10.0 Å². The number of benzene rings is 1. The molecule has 0 saturated heterocycles. The van der Waals surface area contributed by atoms with Crippen molar-refractivity contribution in [3.63, 3.8) is 0 Å². The molecule has 1 aromatic rings. The molecule has 0 atom stereocenters. The highest BCUT2D eigenvalue weighted by molar-refractivity contribution is 7.89. The summed E-state index contributed by atoms with van der Waals surface area (Å²) in [5.41, 5.74) is 0.923. The fraction of sp³-hybridized carbons (Fsp3) is 0.462. The van der Waals surface area contributed by atoms with Gasteiger partial charge in [-0.25, -0.2) is 8.42 Å². The third-order valence-corrected chi connectivity index (χ3v) is 4.94. The van der Waals surface area contributed by atoms with E-state index in [0.717, 1.165) is 18.4 Å². The lowest BCUT2D eigenvalue weighted by Crippen LogP contribution is -2.34. The Labute approximate surface area is 108 Å². The monoisotopic (exact) mass is 264 g/mol. The van der Waals surface area contributed by atoms with Crippen LogP contribution in [0.15, 0.2) is 29.2 Å². The fourth-order valence-electron chi connectivity index (χ4n) is 1.93. The first-order valence-electron chi connectivity index (χ1n) is 6.01. The van der Waals surface area contributed by atoms with Gasteiger partial charge >= 0.3 is 0 Å². The molecule has 0 amide bonds. The Hall–Kier alpha value is -1.38. The second-order valence-electron chi connectivity index (χ2n) is 4.57. The van der Waals surface area contributed by atoms with E-state index in [1.165, 1.54) is 4.31 Å². The average Bonchev–Trinajstić information content (AvgIpc) is 3.14. The molecule has 0 unspecified atom stereocenters. The number of nitrogens with zero attached hydrogens (tertiary/aromatic N) is 2. The van der Waals surface area contributed by atoms with Crippen LogP contribution >= 0.6 is 0 Å². The summed E-state index contributed by atoms with van der Waals surface area (Å²) in [5, 5.41) is 8.63. The van der Waals surface area contributed by atoms with Crippen molar-refractivity contribution in [2.75, 3.05) is 6.54 Å². The Bertz CT molecular complexity index is 571. The number of sulfonamides is 1. The fourth-order valence-corrected chi connectivity index (χ4v) is 3.72. The van der Waals surface area contributed by atoms with Gasteiger partial charge in [-0.1, -0.05) is 12.1 Å². The van der Waals surface area contributed by atoms with Crippen LogP contribution in [0.2, 0.25) is 0 Å². The van der Waals surface area contributed by atoms with E-state index in [1.807, 2.05) is 19.1 Å². The Morgan fingerprint density at radius 3 is 2.72 bits per heavy atom. The van der Waals surface area contributed by atoms with Crippen molar-refractivity contribution in [3.05, 3.63) is 29.8 Å². The molecule has 5 heteroatoms. The molecular weight excluding hydrogens is 248 g/mol. The Morgan fingerprint density at radius 1 is 1.44 bits per heavy atom. The first kappa shape index (κ1) is 13.1. The molecule has 0 heterocycles. The molecule has 1 fully saturated rings. The Balaban J connectivity index is 2.30. The summed E-state index contributed by atoms with van der Waals surface area (Å²) in [6.07, 6.45) is 2.04. The van der Waals surface area contributed by atoms with Crippen molar-refractivity contribution in [1.82, 2.24) is 4.31 Å². The maximum Gasteiger partial charge on any atom is 0.243 e. The summed E-state index contributed by atoms with van der Waals surface area (Å²) >= 11 is 0. The number of rotatable bonds is 5. The lowest BCUT2D eigenvalue weighted by atomic mass is 10.2. The average molecular weight is 264 g/mol. The van der Waals surface area contributed by atoms with E-state index in [1.54, 1.807) is 18.2 Å². The maximum absolute atomic E-state index is 12.5. The molecule has 96 valence electrons. The third kappa shape index (κ3) is 2.71. The lowest BCUT2D eigenvalue weighted by molar-refractivity contribution is 0.411. The summed E-state index contributed by atoms with van der Waals surface area (Å²) in [5.74, 6) is 0. The Morgan fingerprint density at radius 2 is 2.17 bits per heavy atom. The normalized spacial score (nSPS) is 15.6. The third-order valence-electron chi connectivity index (χ3n) is 2.99. The van der Waals surface area contributed by atoms with Gasteiger partial charge in [0.1, 0.15) is 0 Å². The second-order valence-corrected chi connectivity index (χ2v) is 6.46. The van der Waals surface area contributed by atoms with E-state index < -0.39 is 10.0 Å². The van der Waals surface area contributed by atoms with Crippen LogP contribution in [-0.2, 0) is 10.0 Å². The van der Waals surface area contributed by atoms with Crippen LogP contribution in [0.4, 0.5) is 0 Å². The number of hydrogen-bond donors (Lipinski definition) is 0. The van der Waals surface area contributed by atoms with Crippen LogP contribution in [-0.4, -0.2) is 25.3 Å². The number of hydrogen-bond acceptors (Lipinski definition) is 3. The van der Waals surface area contributed by atoms with Crippen molar-refractivity contribution in [2.24, 2.45) is 0 Å². The highest BCUT2D eigenvalue weighted by Crippen LogP contribution is 2.32. The molecule has 1 aliphatic carbocycles. The predicted octanol–water partition coefficient (Wildman–Crippen LogP) is 2.06. The minimum atomic E-state index is -3.45. The predicted molar refractivity (Wildman–Crippen MR) is 68.3 cm³/mol. The van der Waals surface area contributed by atoms with E-state index in [0.29, 0.717) is 4.90 Å². The first-order chi connectivity index (χ1) is 8.55. The van der Waals surface area contributed by atoms with Gasteiger partial charge in [0.05, 0.1) is 11.0 Å². The van der Waals surface area contributed by atoms with E-state index in [9.17, 15) is 8.42 Å². The van der Waals surface area contributed by atoms with Crippen molar-refractivity contribution in [2.45, 2.75) is 37.1 Å². The van der Waals surface area contributed by atoms with Gasteiger partial charge in [0.15, 0.2) is 0 Å². The summed E-state index contributed by atoms with van der Waals surface area (Å²) in [6, 6.07) is 9.01. The van der Waals surface area contributed by atoms with Crippen molar-refractivity contribution in [3.8, 4) is 6.07 Å². The SMILES string of the molecule is Cc1cccc(S(=O)(=O)N(CCC#N)C2CC2)c1. The molecule has 0 N–H and O–H groups in total. The minimum Gasteiger partial charge on any atom is -0.207 e. The molecule has 0 bridgehead atoms. The molecule has 0 aromatic heterocycles. The first-order valence-corrected chi connectivity index (χ1v) is 7.45. The summed E-state index contributed by atoms with van der Waals surface area (Å²) < 4.78 is 26.5. The van der Waals surface area contributed by atoms with Gasteiger partial charge in [0.25, 0.3) is 0 Å². The lowest BCUT2D eigenvalue weighted by Gasteiger charge is -2.20. The van der Waals surface area contributed by atoms with Crippen LogP contribution in [0.1, 0.15) is 24.8 Å². The standard InChI is InChI=1S/C13H16N2O2S/c1-11-4-2-5-13(10-11)18(16,17)15(9-3-8-14)12-6-7-12/h2,4-5,10,12H,3,6-7,9H2,1H3. The molecule has 0 radical (unpaired) electrons. The van der Waals surface area contributed by atoms with E-state index in [2.05, 4.69) is 0 Å². The summed E-state index contributed by atoms with van der Waals surface area (Å²) in [6.45, 7) is 2.16. The molecule has 0 aliphatic heterocycles. The summed E-state index contributed by atoms with van der Waals surface area (Å²) in [4.78, 5) is 0.326. The second kappa shape index (κ2) is 5.09. The largest absolute Gasteiger partial charge is 0.243 e. The van der Waals surface area contributed by atoms with Gasteiger partial charge < -0.3 is 0 Å². The van der Waals surface area contributed by atoms with Crippen LogP contribution in [0.5, 0.6) is 0 Å². The van der Waals surface area contributed by atoms with Crippen LogP contribution in [0, 0.1) is 18.3 Å². The highest BCUT2D eigenvalue weighted by Gasteiger charge is 2.37. The zero-order chi connectivity index (χ0) is 13.2.